The smallest absolute Gasteiger partial charge is 0.410 e. The molecule has 2 aromatic rings. The Hall–Kier alpha value is -2.90. The largest absolute Gasteiger partial charge is 0.444 e. The molecule has 0 atom stereocenters. The zero-order valence-electron chi connectivity index (χ0n) is 19.3. The van der Waals surface area contributed by atoms with E-state index >= 15 is 0 Å². The summed E-state index contributed by atoms with van der Waals surface area (Å²) in [6.07, 6.45) is 1.03. The summed E-state index contributed by atoms with van der Waals surface area (Å²) in [4.78, 5) is 31.1. The summed E-state index contributed by atoms with van der Waals surface area (Å²) >= 11 is 0. The van der Waals surface area contributed by atoms with Crippen molar-refractivity contribution in [1.29, 1.82) is 0 Å². The van der Waals surface area contributed by atoms with Crippen LogP contribution in [0.4, 0.5) is 4.79 Å². The first-order valence-electron chi connectivity index (χ1n) is 10.9. The van der Waals surface area contributed by atoms with Gasteiger partial charge in [0.1, 0.15) is 11.4 Å². The summed E-state index contributed by atoms with van der Waals surface area (Å²) in [6.45, 7) is 12.7. The van der Waals surface area contributed by atoms with Gasteiger partial charge in [-0.3, -0.25) is 4.79 Å². The second-order valence-electron chi connectivity index (χ2n) is 9.32. The van der Waals surface area contributed by atoms with Crippen molar-refractivity contribution < 1.29 is 14.3 Å². The molecule has 0 radical (unpaired) electrons. The number of likely N-dealkylation sites (tertiary alicyclic amines) is 1. The normalized spacial score (nSPS) is 15.3. The number of hydrogen-bond acceptors (Lipinski definition) is 5. The Balaban J connectivity index is 1.63. The molecule has 0 spiro atoms. The highest BCUT2D eigenvalue weighted by Gasteiger charge is 2.28. The van der Waals surface area contributed by atoms with E-state index in [0.29, 0.717) is 37.7 Å². The lowest BCUT2D eigenvalue weighted by Gasteiger charge is -2.33. The molecule has 8 heteroatoms. The standard InChI is InChI=1S/C23H33N5O3/c1-15(2)18-9-7-8-10-19(18)28-16(3)24-20(26-28)21(29)25-17-11-13-27(14-12-17)22(30)31-23(4,5)6/h7-10,15,17H,11-14H2,1-6H3,(H,25,29). The third-order valence-corrected chi connectivity index (χ3v) is 5.24. The SMILES string of the molecule is Cc1nc(C(=O)NC2CCN(C(=O)OC(C)(C)C)CC2)nn1-c1ccccc1C(C)C. The van der Waals surface area contributed by atoms with E-state index < -0.39 is 5.60 Å². The zero-order chi connectivity index (χ0) is 22.8. The van der Waals surface area contributed by atoms with Crippen molar-refractivity contribution in [3.63, 3.8) is 0 Å². The van der Waals surface area contributed by atoms with E-state index in [4.69, 9.17) is 4.74 Å². The van der Waals surface area contributed by atoms with Gasteiger partial charge in [0.25, 0.3) is 5.91 Å². The molecular formula is C23H33N5O3. The van der Waals surface area contributed by atoms with Crippen LogP contribution in [-0.2, 0) is 4.74 Å². The van der Waals surface area contributed by atoms with E-state index in [2.05, 4.69) is 35.3 Å². The molecule has 3 rings (SSSR count). The summed E-state index contributed by atoms with van der Waals surface area (Å²) in [7, 11) is 0. The molecule has 1 saturated heterocycles. The highest BCUT2D eigenvalue weighted by molar-refractivity contribution is 5.90. The number of ether oxygens (including phenoxy) is 1. The molecule has 168 valence electrons. The molecule has 0 unspecified atom stereocenters. The number of aryl methyl sites for hydroxylation is 1. The van der Waals surface area contributed by atoms with E-state index in [9.17, 15) is 9.59 Å². The topological polar surface area (TPSA) is 89.3 Å². The average Bonchev–Trinajstić information content (AvgIpc) is 3.09. The van der Waals surface area contributed by atoms with Crippen LogP contribution in [0.15, 0.2) is 24.3 Å². The fourth-order valence-electron chi connectivity index (χ4n) is 3.67. The molecule has 0 saturated carbocycles. The molecule has 1 aromatic heterocycles. The number of rotatable bonds is 4. The molecule has 1 aliphatic heterocycles. The average molecular weight is 428 g/mol. The maximum Gasteiger partial charge on any atom is 0.410 e. The quantitative estimate of drug-likeness (QED) is 0.801. The van der Waals surface area contributed by atoms with Crippen molar-refractivity contribution in [3.8, 4) is 5.69 Å². The summed E-state index contributed by atoms with van der Waals surface area (Å²) in [5.41, 5.74) is 1.57. The number of aromatic nitrogens is 3. The molecular weight excluding hydrogens is 394 g/mol. The zero-order valence-corrected chi connectivity index (χ0v) is 19.3. The van der Waals surface area contributed by atoms with Crippen LogP contribution in [0.3, 0.4) is 0 Å². The Labute approximate surface area is 184 Å². The van der Waals surface area contributed by atoms with E-state index in [1.165, 1.54) is 0 Å². The Kier molecular flexibility index (Phi) is 6.67. The first-order valence-corrected chi connectivity index (χ1v) is 10.9. The van der Waals surface area contributed by atoms with Gasteiger partial charge in [-0.2, -0.15) is 0 Å². The number of nitrogens with zero attached hydrogens (tertiary/aromatic N) is 4. The molecule has 1 aliphatic rings. The van der Waals surface area contributed by atoms with Crippen LogP contribution in [0.1, 0.15) is 75.4 Å². The van der Waals surface area contributed by atoms with Crippen molar-refractivity contribution >= 4 is 12.0 Å². The summed E-state index contributed by atoms with van der Waals surface area (Å²) in [5, 5.41) is 7.50. The maximum atomic E-state index is 12.8. The van der Waals surface area contributed by atoms with Gasteiger partial charge in [-0.1, -0.05) is 32.0 Å². The van der Waals surface area contributed by atoms with E-state index in [1.807, 2.05) is 45.9 Å². The van der Waals surface area contributed by atoms with E-state index in [-0.39, 0.29) is 23.9 Å². The minimum Gasteiger partial charge on any atom is -0.444 e. The lowest BCUT2D eigenvalue weighted by Crippen LogP contribution is -2.48. The summed E-state index contributed by atoms with van der Waals surface area (Å²) < 4.78 is 7.16. The van der Waals surface area contributed by atoms with Crippen molar-refractivity contribution in [2.24, 2.45) is 0 Å². The second-order valence-corrected chi connectivity index (χ2v) is 9.32. The predicted octanol–water partition coefficient (Wildman–Crippen LogP) is 3.83. The first kappa shape index (κ1) is 22.8. The maximum absolute atomic E-state index is 12.8. The minimum atomic E-state index is -0.515. The van der Waals surface area contributed by atoms with Crippen LogP contribution in [0.25, 0.3) is 5.69 Å². The molecule has 0 aliphatic carbocycles. The number of para-hydroxylation sites is 1. The minimum absolute atomic E-state index is 0.0265. The number of carbonyl (C=O) groups excluding carboxylic acids is 2. The number of amides is 2. The second kappa shape index (κ2) is 9.08. The van der Waals surface area contributed by atoms with Gasteiger partial charge in [0.15, 0.2) is 0 Å². The summed E-state index contributed by atoms with van der Waals surface area (Å²) in [5.74, 6) is 0.857. The lowest BCUT2D eigenvalue weighted by atomic mass is 10.0. The van der Waals surface area contributed by atoms with E-state index in [0.717, 1.165) is 11.3 Å². The fourth-order valence-corrected chi connectivity index (χ4v) is 3.67. The van der Waals surface area contributed by atoms with Gasteiger partial charge in [-0.05, 0) is 58.1 Å². The van der Waals surface area contributed by atoms with Crippen molar-refractivity contribution in [2.75, 3.05) is 13.1 Å². The Morgan fingerprint density at radius 3 is 2.42 bits per heavy atom. The Bertz CT molecular complexity index is 937. The van der Waals surface area contributed by atoms with Crippen LogP contribution < -0.4 is 5.32 Å². The highest BCUT2D eigenvalue weighted by Crippen LogP contribution is 2.23. The predicted molar refractivity (Wildman–Crippen MR) is 118 cm³/mol. The van der Waals surface area contributed by atoms with Crippen molar-refractivity contribution in [1.82, 2.24) is 25.0 Å². The molecule has 1 aromatic carbocycles. The molecule has 31 heavy (non-hydrogen) atoms. The van der Waals surface area contributed by atoms with Gasteiger partial charge in [0.05, 0.1) is 5.69 Å². The summed E-state index contributed by atoms with van der Waals surface area (Å²) in [6, 6.07) is 7.99. The van der Waals surface area contributed by atoms with Gasteiger partial charge in [-0.25, -0.2) is 14.5 Å². The lowest BCUT2D eigenvalue weighted by molar-refractivity contribution is 0.0199. The Morgan fingerprint density at radius 2 is 1.81 bits per heavy atom. The number of piperidine rings is 1. The Morgan fingerprint density at radius 1 is 1.16 bits per heavy atom. The number of nitrogens with one attached hydrogen (secondary N) is 1. The number of hydrogen-bond donors (Lipinski definition) is 1. The highest BCUT2D eigenvalue weighted by atomic mass is 16.6. The van der Waals surface area contributed by atoms with Gasteiger partial charge in [0, 0.05) is 19.1 Å². The van der Waals surface area contributed by atoms with Gasteiger partial charge >= 0.3 is 6.09 Å². The van der Waals surface area contributed by atoms with Crippen LogP contribution in [0.5, 0.6) is 0 Å². The fraction of sp³-hybridized carbons (Fsp3) is 0.565. The van der Waals surface area contributed by atoms with Gasteiger partial charge < -0.3 is 15.0 Å². The molecule has 8 nitrogen and oxygen atoms in total. The third kappa shape index (κ3) is 5.62. The van der Waals surface area contributed by atoms with Gasteiger partial charge in [-0.15, -0.1) is 5.10 Å². The van der Waals surface area contributed by atoms with Crippen molar-refractivity contribution in [2.45, 2.75) is 71.9 Å². The van der Waals surface area contributed by atoms with Crippen LogP contribution >= 0.6 is 0 Å². The molecule has 1 N–H and O–H groups in total. The van der Waals surface area contributed by atoms with Gasteiger partial charge in [0.2, 0.25) is 5.82 Å². The number of carbonyl (C=O) groups is 2. The molecule has 1 fully saturated rings. The monoisotopic (exact) mass is 427 g/mol. The van der Waals surface area contributed by atoms with E-state index in [1.54, 1.807) is 9.58 Å². The van der Waals surface area contributed by atoms with Crippen LogP contribution in [0.2, 0.25) is 0 Å². The van der Waals surface area contributed by atoms with Crippen molar-refractivity contribution in [3.05, 3.63) is 41.5 Å². The molecule has 2 amide bonds. The van der Waals surface area contributed by atoms with Crippen LogP contribution in [-0.4, -0.2) is 56.4 Å². The number of benzene rings is 1. The molecule has 2 heterocycles. The van der Waals surface area contributed by atoms with Crippen LogP contribution in [0, 0.1) is 6.92 Å². The third-order valence-electron chi connectivity index (χ3n) is 5.24. The first-order chi connectivity index (χ1) is 14.5. The molecule has 0 bridgehead atoms.